The first-order valence-corrected chi connectivity index (χ1v) is 7.16. The van der Waals surface area contributed by atoms with Crippen LogP contribution < -0.4 is 5.32 Å². The molecule has 110 valence electrons. The van der Waals surface area contributed by atoms with Crippen LogP contribution in [0.15, 0.2) is 6.20 Å². The topological polar surface area (TPSA) is 39.1 Å². The highest BCUT2D eigenvalue weighted by Crippen LogP contribution is 2.23. The minimum absolute atomic E-state index is 0.0963. The van der Waals surface area contributed by atoms with Gasteiger partial charge >= 0.3 is 0 Å². The third-order valence-corrected chi connectivity index (χ3v) is 2.88. The van der Waals surface area contributed by atoms with Gasteiger partial charge in [0.1, 0.15) is 0 Å². The zero-order valence-corrected chi connectivity index (χ0v) is 13.3. The van der Waals surface area contributed by atoms with Crippen LogP contribution in [0.5, 0.6) is 0 Å². The molecule has 1 aromatic heterocycles. The molecule has 1 N–H and O–H groups in total. The normalized spacial score (nSPS) is 12.4. The molecule has 0 atom stereocenters. The van der Waals surface area contributed by atoms with Crippen LogP contribution in [0, 0.1) is 0 Å². The van der Waals surface area contributed by atoms with Crippen molar-refractivity contribution >= 4 is 0 Å². The third-order valence-electron chi connectivity index (χ3n) is 2.88. The van der Waals surface area contributed by atoms with E-state index in [1.165, 1.54) is 11.3 Å². The summed E-state index contributed by atoms with van der Waals surface area (Å²) < 4.78 is 7.42. The summed E-state index contributed by atoms with van der Waals surface area (Å²) in [4.78, 5) is 0. The second kappa shape index (κ2) is 7.06. The van der Waals surface area contributed by atoms with Gasteiger partial charge in [0.15, 0.2) is 0 Å². The standard InChI is InChI=1S/C15H29N3O/c1-12(2)19-9-7-8-16-10-13-11-18(6)17-14(13)15(3,4)5/h11-12,16H,7-10H2,1-6H3. The SMILES string of the molecule is CC(C)OCCCNCc1cn(C)nc1C(C)(C)C. The molecule has 0 saturated carbocycles. The maximum Gasteiger partial charge on any atom is 0.0722 e. The minimum Gasteiger partial charge on any atom is -0.379 e. The Labute approximate surface area is 117 Å². The van der Waals surface area contributed by atoms with Gasteiger partial charge in [-0.1, -0.05) is 20.8 Å². The number of ether oxygens (including phenoxy) is 1. The Balaban J connectivity index is 2.37. The molecule has 0 radical (unpaired) electrons. The Kier molecular flexibility index (Phi) is 6.01. The first-order chi connectivity index (χ1) is 8.80. The van der Waals surface area contributed by atoms with E-state index in [1.807, 2.05) is 11.7 Å². The highest BCUT2D eigenvalue weighted by atomic mass is 16.5. The van der Waals surface area contributed by atoms with Crippen LogP contribution >= 0.6 is 0 Å². The molecule has 19 heavy (non-hydrogen) atoms. The van der Waals surface area contributed by atoms with E-state index in [9.17, 15) is 0 Å². The van der Waals surface area contributed by atoms with Gasteiger partial charge in [-0.2, -0.15) is 5.10 Å². The fraction of sp³-hybridized carbons (Fsp3) is 0.800. The van der Waals surface area contributed by atoms with Crippen LogP contribution in [-0.4, -0.2) is 29.0 Å². The quantitative estimate of drug-likeness (QED) is 0.772. The first-order valence-electron chi connectivity index (χ1n) is 7.16. The number of aryl methyl sites for hydroxylation is 1. The van der Waals surface area contributed by atoms with Gasteiger partial charge in [0.2, 0.25) is 0 Å². The molecule has 1 heterocycles. The van der Waals surface area contributed by atoms with Crippen LogP contribution in [0.25, 0.3) is 0 Å². The van der Waals surface area contributed by atoms with Crippen molar-refractivity contribution < 1.29 is 4.74 Å². The molecule has 0 fully saturated rings. The zero-order valence-electron chi connectivity index (χ0n) is 13.3. The van der Waals surface area contributed by atoms with Crippen molar-refractivity contribution in [1.82, 2.24) is 15.1 Å². The van der Waals surface area contributed by atoms with E-state index < -0.39 is 0 Å². The number of hydrogen-bond acceptors (Lipinski definition) is 3. The Morgan fingerprint density at radius 3 is 2.63 bits per heavy atom. The van der Waals surface area contributed by atoms with Crippen molar-refractivity contribution in [2.45, 2.75) is 59.1 Å². The molecule has 0 saturated heterocycles. The van der Waals surface area contributed by atoms with E-state index in [1.54, 1.807) is 0 Å². The molecule has 0 aliphatic rings. The second-order valence-corrected chi connectivity index (χ2v) is 6.38. The summed E-state index contributed by atoms with van der Waals surface area (Å²) in [5.74, 6) is 0. The van der Waals surface area contributed by atoms with Gasteiger partial charge in [-0.25, -0.2) is 0 Å². The van der Waals surface area contributed by atoms with Crippen LogP contribution in [0.4, 0.5) is 0 Å². The van der Waals surface area contributed by atoms with Crippen molar-refractivity contribution in [3.8, 4) is 0 Å². The Morgan fingerprint density at radius 1 is 1.37 bits per heavy atom. The van der Waals surface area contributed by atoms with E-state index in [2.05, 4.69) is 51.2 Å². The highest BCUT2D eigenvalue weighted by molar-refractivity contribution is 5.23. The fourth-order valence-electron chi connectivity index (χ4n) is 2.04. The molecule has 1 rings (SSSR count). The van der Waals surface area contributed by atoms with Crippen molar-refractivity contribution in [3.63, 3.8) is 0 Å². The Morgan fingerprint density at radius 2 is 2.05 bits per heavy atom. The summed E-state index contributed by atoms with van der Waals surface area (Å²) in [7, 11) is 1.98. The number of nitrogens with one attached hydrogen (secondary N) is 1. The van der Waals surface area contributed by atoms with Crippen molar-refractivity contribution in [3.05, 3.63) is 17.5 Å². The van der Waals surface area contributed by atoms with Crippen LogP contribution in [0.1, 0.15) is 52.3 Å². The summed E-state index contributed by atoms with van der Waals surface area (Å²) >= 11 is 0. The van der Waals surface area contributed by atoms with Crippen molar-refractivity contribution in [1.29, 1.82) is 0 Å². The number of aromatic nitrogens is 2. The number of nitrogens with zero attached hydrogens (tertiary/aromatic N) is 2. The summed E-state index contributed by atoms with van der Waals surface area (Å²) in [6, 6.07) is 0. The van der Waals surface area contributed by atoms with E-state index in [0.29, 0.717) is 6.10 Å². The lowest BCUT2D eigenvalue weighted by atomic mass is 9.89. The predicted octanol–water partition coefficient (Wildman–Crippen LogP) is 2.62. The molecule has 0 aliphatic heterocycles. The summed E-state index contributed by atoms with van der Waals surface area (Å²) in [6.07, 6.45) is 3.48. The second-order valence-electron chi connectivity index (χ2n) is 6.38. The van der Waals surface area contributed by atoms with E-state index in [-0.39, 0.29) is 5.41 Å². The average Bonchev–Trinajstić information content (AvgIpc) is 2.64. The first kappa shape index (κ1) is 16.2. The van der Waals surface area contributed by atoms with Crippen molar-refractivity contribution in [2.75, 3.05) is 13.2 Å². The third kappa shape index (κ3) is 5.74. The van der Waals surface area contributed by atoms with Gasteiger partial charge < -0.3 is 10.1 Å². The van der Waals surface area contributed by atoms with Gasteiger partial charge in [-0.3, -0.25) is 4.68 Å². The maximum absolute atomic E-state index is 5.52. The summed E-state index contributed by atoms with van der Waals surface area (Å²) in [5, 5.41) is 8.04. The lowest BCUT2D eigenvalue weighted by Crippen LogP contribution is -2.21. The van der Waals surface area contributed by atoms with Gasteiger partial charge in [0.25, 0.3) is 0 Å². The maximum atomic E-state index is 5.52. The molecule has 0 aliphatic carbocycles. The van der Waals surface area contributed by atoms with E-state index in [0.717, 1.165) is 26.1 Å². The van der Waals surface area contributed by atoms with Gasteiger partial charge in [-0.15, -0.1) is 0 Å². The largest absolute Gasteiger partial charge is 0.379 e. The summed E-state index contributed by atoms with van der Waals surface area (Å²) in [5.41, 5.74) is 2.57. The Bertz CT molecular complexity index is 377. The van der Waals surface area contributed by atoms with E-state index >= 15 is 0 Å². The highest BCUT2D eigenvalue weighted by Gasteiger charge is 2.21. The average molecular weight is 267 g/mol. The Hall–Kier alpha value is -0.870. The lowest BCUT2D eigenvalue weighted by Gasteiger charge is -2.17. The van der Waals surface area contributed by atoms with Gasteiger partial charge in [0.05, 0.1) is 11.8 Å². The minimum atomic E-state index is 0.0963. The molecule has 4 nitrogen and oxygen atoms in total. The number of hydrogen-bond donors (Lipinski definition) is 1. The van der Waals surface area contributed by atoms with E-state index in [4.69, 9.17) is 4.74 Å². The molecular formula is C15H29N3O. The van der Waals surface area contributed by atoms with Crippen LogP contribution in [-0.2, 0) is 23.7 Å². The van der Waals surface area contributed by atoms with Gasteiger partial charge in [0, 0.05) is 37.4 Å². The fourth-order valence-corrected chi connectivity index (χ4v) is 2.04. The molecule has 4 heteroatoms. The van der Waals surface area contributed by atoms with Crippen molar-refractivity contribution in [2.24, 2.45) is 7.05 Å². The predicted molar refractivity (Wildman–Crippen MR) is 79.3 cm³/mol. The summed E-state index contributed by atoms with van der Waals surface area (Å²) in [6.45, 7) is 13.4. The smallest absolute Gasteiger partial charge is 0.0722 e. The molecule has 0 spiro atoms. The molecular weight excluding hydrogens is 238 g/mol. The lowest BCUT2D eigenvalue weighted by molar-refractivity contribution is 0.0770. The van der Waals surface area contributed by atoms with Crippen LogP contribution in [0.2, 0.25) is 0 Å². The molecule has 0 bridgehead atoms. The van der Waals surface area contributed by atoms with Crippen LogP contribution in [0.3, 0.4) is 0 Å². The molecule has 0 aromatic carbocycles. The zero-order chi connectivity index (χ0) is 14.5. The molecule has 0 amide bonds. The number of rotatable bonds is 7. The molecule has 1 aromatic rings. The monoisotopic (exact) mass is 267 g/mol. The van der Waals surface area contributed by atoms with Gasteiger partial charge in [-0.05, 0) is 26.8 Å². The molecule has 0 unspecified atom stereocenters.